The molecule has 0 aromatic heterocycles. The van der Waals surface area contributed by atoms with Crippen molar-refractivity contribution in [3.8, 4) is 17.6 Å². The van der Waals surface area contributed by atoms with Crippen LogP contribution in [0.2, 0.25) is 0 Å². The molecule has 5 nitrogen and oxygen atoms in total. The van der Waals surface area contributed by atoms with Crippen LogP contribution < -0.4 is 14.8 Å². The molecule has 2 atom stereocenters. The maximum absolute atomic E-state index is 12.6. The molecule has 1 aliphatic rings. The van der Waals surface area contributed by atoms with Crippen LogP contribution in [0, 0.1) is 24.2 Å². The number of carbonyl (C=O) groups excluding carboxylic acids is 1. The minimum absolute atomic E-state index is 0.0910. The highest BCUT2D eigenvalue weighted by Crippen LogP contribution is 2.30. The molecule has 1 amide bonds. The fraction of sp³-hybridized carbons (Fsp3) is 0.385. The average molecular weight is 419 g/mol. The summed E-state index contributed by atoms with van der Waals surface area (Å²) in [6.07, 6.45) is 5.98. The van der Waals surface area contributed by atoms with Crippen LogP contribution in [0.5, 0.6) is 11.5 Å². The lowest BCUT2D eigenvalue weighted by Gasteiger charge is -2.29. The second kappa shape index (κ2) is 10.7. The molecule has 1 saturated carbocycles. The molecular weight excluding hydrogens is 388 g/mol. The van der Waals surface area contributed by atoms with Gasteiger partial charge in [0.05, 0.1) is 7.11 Å². The summed E-state index contributed by atoms with van der Waals surface area (Å²) in [4.78, 5) is 12.6. The zero-order chi connectivity index (χ0) is 22.2. The van der Waals surface area contributed by atoms with Gasteiger partial charge >= 0.3 is 0 Å². The number of amides is 1. The van der Waals surface area contributed by atoms with E-state index in [1.165, 1.54) is 12.0 Å². The highest BCUT2D eigenvalue weighted by atomic mass is 16.5. The van der Waals surface area contributed by atoms with Crippen molar-refractivity contribution in [2.24, 2.45) is 5.92 Å². The van der Waals surface area contributed by atoms with Gasteiger partial charge in [0, 0.05) is 6.04 Å². The van der Waals surface area contributed by atoms with E-state index in [0.29, 0.717) is 29.6 Å². The molecule has 1 fully saturated rings. The molecule has 2 aromatic rings. The number of nitrogens with one attached hydrogen (secondary N) is 1. The Bertz CT molecular complexity index is 990. The van der Waals surface area contributed by atoms with Crippen LogP contribution >= 0.6 is 0 Å². The molecule has 5 heteroatoms. The quantitative estimate of drug-likeness (QED) is 0.496. The van der Waals surface area contributed by atoms with E-state index in [2.05, 4.69) is 18.3 Å². The Morgan fingerprint density at radius 3 is 2.71 bits per heavy atom. The molecule has 0 spiro atoms. The zero-order valence-electron chi connectivity index (χ0n) is 18.5. The molecule has 0 unspecified atom stereocenters. The number of hydrogen-bond acceptors (Lipinski definition) is 4. The van der Waals surface area contributed by atoms with Crippen molar-refractivity contribution in [3.05, 3.63) is 64.7 Å². The zero-order valence-corrected chi connectivity index (χ0v) is 18.5. The monoisotopic (exact) mass is 418 g/mol. The number of methoxy groups -OCH3 is 1. The van der Waals surface area contributed by atoms with E-state index in [0.717, 1.165) is 24.8 Å². The summed E-state index contributed by atoms with van der Waals surface area (Å²) in [7, 11) is 1.57. The Balaban J connectivity index is 1.71. The largest absolute Gasteiger partial charge is 0.493 e. The second-order valence-corrected chi connectivity index (χ2v) is 8.20. The second-order valence-electron chi connectivity index (χ2n) is 8.20. The van der Waals surface area contributed by atoms with Gasteiger partial charge in [-0.1, -0.05) is 55.7 Å². The maximum Gasteiger partial charge on any atom is 0.262 e. The van der Waals surface area contributed by atoms with Gasteiger partial charge in [-0.2, -0.15) is 5.26 Å². The van der Waals surface area contributed by atoms with Crippen LogP contribution in [0.1, 0.15) is 49.3 Å². The van der Waals surface area contributed by atoms with Crippen LogP contribution in [0.3, 0.4) is 0 Å². The summed E-state index contributed by atoms with van der Waals surface area (Å²) in [5, 5.41) is 12.6. The van der Waals surface area contributed by atoms with Crippen molar-refractivity contribution in [3.63, 3.8) is 0 Å². The summed E-state index contributed by atoms with van der Waals surface area (Å²) < 4.78 is 11.4. The first kappa shape index (κ1) is 22.4. The fourth-order valence-electron chi connectivity index (χ4n) is 3.95. The van der Waals surface area contributed by atoms with Crippen molar-refractivity contribution in [2.75, 3.05) is 7.11 Å². The minimum atomic E-state index is -0.319. The van der Waals surface area contributed by atoms with Crippen LogP contribution in [-0.2, 0) is 11.4 Å². The van der Waals surface area contributed by atoms with Gasteiger partial charge in [0.2, 0.25) is 0 Å². The SMILES string of the molecule is COc1cc(/C=C(\C#N)C(=O)N[C@@H]2CCCC[C@@H]2C)ccc1OCc1cccc(C)c1. The van der Waals surface area contributed by atoms with Crippen molar-refractivity contribution in [1.82, 2.24) is 5.32 Å². The topological polar surface area (TPSA) is 71.3 Å². The predicted molar refractivity (Wildman–Crippen MR) is 122 cm³/mol. The lowest BCUT2D eigenvalue weighted by molar-refractivity contribution is -0.118. The molecule has 2 aromatic carbocycles. The van der Waals surface area contributed by atoms with Crippen LogP contribution in [0.25, 0.3) is 6.08 Å². The first-order valence-corrected chi connectivity index (χ1v) is 10.8. The maximum atomic E-state index is 12.6. The number of rotatable bonds is 7. The lowest BCUT2D eigenvalue weighted by atomic mass is 9.86. The smallest absolute Gasteiger partial charge is 0.262 e. The van der Waals surface area contributed by atoms with Gasteiger partial charge in [-0.15, -0.1) is 0 Å². The van der Waals surface area contributed by atoms with Gasteiger partial charge in [-0.25, -0.2) is 0 Å². The summed E-state index contributed by atoms with van der Waals surface area (Å²) >= 11 is 0. The number of hydrogen-bond donors (Lipinski definition) is 1. The highest BCUT2D eigenvalue weighted by Gasteiger charge is 2.24. The number of ether oxygens (including phenoxy) is 2. The van der Waals surface area contributed by atoms with Gasteiger partial charge in [-0.05, 0) is 55.0 Å². The number of carbonyl (C=O) groups is 1. The van der Waals surface area contributed by atoms with Gasteiger partial charge in [-0.3, -0.25) is 4.79 Å². The van der Waals surface area contributed by atoms with E-state index in [4.69, 9.17) is 9.47 Å². The molecule has 3 rings (SSSR count). The average Bonchev–Trinajstić information content (AvgIpc) is 2.77. The molecule has 0 heterocycles. The van der Waals surface area contributed by atoms with Gasteiger partial charge < -0.3 is 14.8 Å². The van der Waals surface area contributed by atoms with E-state index in [1.807, 2.05) is 37.3 Å². The number of nitrogens with zero attached hydrogens (tertiary/aromatic N) is 1. The van der Waals surface area contributed by atoms with E-state index in [1.54, 1.807) is 25.3 Å². The highest BCUT2D eigenvalue weighted by molar-refractivity contribution is 6.01. The van der Waals surface area contributed by atoms with E-state index in [-0.39, 0.29) is 17.5 Å². The third kappa shape index (κ3) is 6.11. The lowest BCUT2D eigenvalue weighted by Crippen LogP contribution is -2.41. The van der Waals surface area contributed by atoms with Crippen molar-refractivity contribution in [2.45, 2.75) is 52.2 Å². The van der Waals surface area contributed by atoms with Crippen molar-refractivity contribution < 1.29 is 14.3 Å². The van der Waals surface area contributed by atoms with E-state index < -0.39 is 0 Å². The third-order valence-corrected chi connectivity index (χ3v) is 5.77. The summed E-state index contributed by atoms with van der Waals surface area (Å²) in [6.45, 7) is 4.63. The summed E-state index contributed by atoms with van der Waals surface area (Å²) in [5.41, 5.74) is 3.06. The Hall–Kier alpha value is -3.26. The Labute approximate surface area is 184 Å². The summed E-state index contributed by atoms with van der Waals surface area (Å²) in [5.74, 6) is 1.28. The Kier molecular flexibility index (Phi) is 7.72. The number of benzene rings is 2. The number of nitriles is 1. The molecule has 31 heavy (non-hydrogen) atoms. The molecule has 0 bridgehead atoms. The summed E-state index contributed by atoms with van der Waals surface area (Å²) in [6, 6.07) is 15.7. The van der Waals surface area contributed by atoms with Crippen LogP contribution in [0.4, 0.5) is 0 Å². The first-order valence-electron chi connectivity index (χ1n) is 10.8. The molecule has 162 valence electrons. The van der Waals surface area contributed by atoms with Crippen molar-refractivity contribution in [1.29, 1.82) is 5.26 Å². The van der Waals surface area contributed by atoms with E-state index >= 15 is 0 Å². The predicted octanol–water partition coefficient (Wildman–Crippen LogP) is 5.18. The fourth-order valence-corrected chi connectivity index (χ4v) is 3.95. The van der Waals surface area contributed by atoms with Crippen molar-refractivity contribution >= 4 is 12.0 Å². The normalized spacial score (nSPS) is 18.7. The molecule has 0 aliphatic heterocycles. The molecule has 0 radical (unpaired) electrons. The molecule has 0 saturated heterocycles. The standard InChI is InChI=1S/C26H30N2O3/c1-18-7-6-9-21(13-18)17-31-24-12-11-20(15-25(24)30-3)14-22(16-27)26(29)28-23-10-5-4-8-19(23)2/h6-7,9,11-15,19,23H,4-5,8,10,17H2,1-3H3,(H,28,29)/b22-14+/t19-,23+/m0/s1. The van der Waals surface area contributed by atoms with Crippen LogP contribution in [-0.4, -0.2) is 19.1 Å². The van der Waals surface area contributed by atoms with Crippen LogP contribution in [0.15, 0.2) is 48.0 Å². The Morgan fingerprint density at radius 2 is 2.00 bits per heavy atom. The minimum Gasteiger partial charge on any atom is -0.493 e. The third-order valence-electron chi connectivity index (χ3n) is 5.77. The molecule has 1 N–H and O–H groups in total. The van der Waals surface area contributed by atoms with Gasteiger partial charge in [0.25, 0.3) is 5.91 Å². The van der Waals surface area contributed by atoms with Gasteiger partial charge in [0.1, 0.15) is 18.2 Å². The van der Waals surface area contributed by atoms with Gasteiger partial charge in [0.15, 0.2) is 11.5 Å². The number of aryl methyl sites for hydroxylation is 1. The first-order chi connectivity index (χ1) is 15.0. The van der Waals surface area contributed by atoms with E-state index in [9.17, 15) is 10.1 Å². The Morgan fingerprint density at radius 1 is 1.19 bits per heavy atom. The molecule has 1 aliphatic carbocycles. The molecular formula is C26H30N2O3.